The van der Waals surface area contributed by atoms with Crippen LogP contribution < -0.4 is 5.32 Å². The number of nitrogens with one attached hydrogen (secondary N) is 1. The number of amides is 2. The summed E-state index contributed by atoms with van der Waals surface area (Å²) in [4.78, 5) is 39.2. The summed E-state index contributed by atoms with van der Waals surface area (Å²) in [6.07, 6.45) is 3.75. The normalized spacial score (nSPS) is 20.6. The number of carboxylic acid groups (broad SMARTS) is 1. The molecule has 0 radical (unpaired) electrons. The molecule has 178 valence electrons. The van der Waals surface area contributed by atoms with E-state index in [4.69, 9.17) is 4.74 Å². The van der Waals surface area contributed by atoms with Crippen LogP contribution in [0.5, 0.6) is 0 Å². The fraction of sp³-hybridized carbons (Fsp3) is 0.444. The lowest BCUT2D eigenvalue weighted by atomic mass is 9.67. The number of ether oxygens (including phenoxy) is 1. The second-order valence-corrected chi connectivity index (χ2v) is 9.66. The topological polar surface area (TPSA) is 95.9 Å². The molecule has 1 aliphatic heterocycles. The smallest absolute Gasteiger partial charge is 0.407 e. The summed E-state index contributed by atoms with van der Waals surface area (Å²) in [5.41, 5.74) is 3.90. The Hall–Kier alpha value is -3.35. The number of carbonyl (C=O) groups excluding carboxylic acids is 2. The molecule has 34 heavy (non-hydrogen) atoms. The number of likely N-dealkylation sites (tertiary alicyclic amines) is 1. The minimum absolute atomic E-state index is 0.0258. The third-order valence-corrected chi connectivity index (χ3v) is 7.73. The maximum Gasteiger partial charge on any atom is 0.407 e. The minimum atomic E-state index is -0.952. The van der Waals surface area contributed by atoms with Crippen LogP contribution in [0.25, 0.3) is 11.1 Å². The van der Waals surface area contributed by atoms with Gasteiger partial charge in [-0.15, -0.1) is 0 Å². The van der Waals surface area contributed by atoms with Crippen LogP contribution in [0.4, 0.5) is 4.79 Å². The Balaban J connectivity index is 1.22. The van der Waals surface area contributed by atoms with Crippen molar-refractivity contribution in [3.63, 3.8) is 0 Å². The van der Waals surface area contributed by atoms with Crippen LogP contribution >= 0.6 is 0 Å². The van der Waals surface area contributed by atoms with E-state index in [0.717, 1.165) is 30.4 Å². The Bertz CT molecular complexity index is 1060. The number of hydrogen-bond donors (Lipinski definition) is 2. The zero-order valence-corrected chi connectivity index (χ0v) is 19.2. The Morgan fingerprint density at radius 3 is 2.21 bits per heavy atom. The van der Waals surface area contributed by atoms with Gasteiger partial charge in [-0.25, -0.2) is 9.59 Å². The Morgan fingerprint density at radius 1 is 0.971 bits per heavy atom. The first-order valence-corrected chi connectivity index (χ1v) is 12.1. The van der Waals surface area contributed by atoms with E-state index < -0.39 is 23.5 Å². The average molecular weight is 463 g/mol. The summed E-state index contributed by atoms with van der Waals surface area (Å²) in [6.45, 7) is 0.849. The second-order valence-electron chi connectivity index (χ2n) is 9.66. The third-order valence-electron chi connectivity index (χ3n) is 7.73. The molecule has 1 heterocycles. The van der Waals surface area contributed by atoms with E-state index in [1.54, 1.807) is 0 Å². The highest BCUT2D eigenvalue weighted by atomic mass is 16.5. The van der Waals surface area contributed by atoms with E-state index in [-0.39, 0.29) is 25.0 Å². The van der Waals surface area contributed by atoms with Crippen molar-refractivity contribution in [2.45, 2.75) is 50.5 Å². The molecule has 0 bridgehead atoms. The largest absolute Gasteiger partial charge is 0.480 e. The Labute approximate surface area is 199 Å². The van der Waals surface area contributed by atoms with Crippen LogP contribution in [0, 0.1) is 5.41 Å². The fourth-order valence-corrected chi connectivity index (χ4v) is 5.70. The van der Waals surface area contributed by atoms with Gasteiger partial charge in [-0.2, -0.15) is 0 Å². The first-order chi connectivity index (χ1) is 16.5. The molecule has 2 aromatic carbocycles. The van der Waals surface area contributed by atoms with Crippen molar-refractivity contribution < 1.29 is 24.2 Å². The van der Waals surface area contributed by atoms with Gasteiger partial charge in [0.05, 0.1) is 5.41 Å². The van der Waals surface area contributed by atoms with E-state index in [0.29, 0.717) is 25.8 Å². The monoisotopic (exact) mass is 462 g/mol. The van der Waals surface area contributed by atoms with Gasteiger partial charge in [-0.3, -0.25) is 4.79 Å². The number of carbonyl (C=O) groups is 3. The van der Waals surface area contributed by atoms with E-state index in [1.807, 2.05) is 24.3 Å². The lowest BCUT2D eigenvalue weighted by molar-refractivity contribution is -0.160. The van der Waals surface area contributed by atoms with Crippen molar-refractivity contribution in [1.82, 2.24) is 10.2 Å². The second kappa shape index (κ2) is 9.12. The standard InChI is InChI=1S/C27H30N2O5/c30-24(31)23-12-5-6-15-29(23)25(32)27(13-7-14-27)17-28-26(33)34-16-22-20-10-3-1-8-18(20)19-9-2-4-11-21(19)22/h1-4,8-11,22-23H,5-7,12-17H2,(H,28,33)(H,30,31)/t23-/m0/s1. The van der Waals surface area contributed by atoms with Crippen molar-refractivity contribution in [2.24, 2.45) is 5.41 Å². The molecule has 1 atom stereocenters. The molecule has 7 nitrogen and oxygen atoms in total. The lowest BCUT2D eigenvalue weighted by Crippen LogP contribution is -2.58. The predicted molar refractivity (Wildman–Crippen MR) is 126 cm³/mol. The van der Waals surface area contributed by atoms with Crippen LogP contribution in [-0.4, -0.2) is 53.7 Å². The summed E-state index contributed by atoms with van der Waals surface area (Å²) in [5.74, 6) is -1.13. The molecule has 2 N–H and O–H groups in total. The molecular weight excluding hydrogens is 432 g/mol. The molecular formula is C27H30N2O5. The van der Waals surface area contributed by atoms with Gasteiger partial charge >= 0.3 is 12.1 Å². The molecule has 5 rings (SSSR count). The zero-order valence-electron chi connectivity index (χ0n) is 19.2. The van der Waals surface area contributed by atoms with Gasteiger partial charge in [0.25, 0.3) is 0 Å². The number of nitrogens with zero attached hydrogens (tertiary/aromatic N) is 1. The number of carboxylic acids is 1. The highest BCUT2D eigenvalue weighted by Crippen LogP contribution is 2.45. The maximum absolute atomic E-state index is 13.3. The number of aliphatic carboxylic acids is 1. The SMILES string of the molecule is O=C(NCC1(C(=O)N2CCCC[C@H]2C(=O)O)CCC1)OCC1c2ccccc2-c2ccccc21. The zero-order chi connectivity index (χ0) is 23.7. The first kappa shape index (κ1) is 22.4. The number of benzene rings is 2. The lowest BCUT2D eigenvalue weighted by Gasteiger charge is -2.46. The van der Waals surface area contributed by atoms with Gasteiger partial charge in [0, 0.05) is 19.0 Å². The Morgan fingerprint density at radius 2 is 1.62 bits per heavy atom. The Kier molecular flexibility index (Phi) is 6.02. The van der Waals surface area contributed by atoms with Crippen molar-refractivity contribution in [1.29, 1.82) is 0 Å². The molecule has 3 aliphatic rings. The summed E-state index contributed by atoms with van der Waals surface area (Å²) >= 11 is 0. The first-order valence-electron chi connectivity index (χ1n) is 12.1. The van der Waals surface area contributed by atoms with Crippen molar-refractivity contribution in [3.05, 3.63) is 59.7 Å². The van der Waals surface area contributed by atoms with E-state index >= 15 is 0 Å². The minimum Gasteiger partial charge on any atom is -0.480 e. The number of fused-ring (bicyclic) bond motifs is 3. The van der Waals surface area contributed by atoms with Gasteiger partial charge in [-0.05, 0) is 54.4 Å². The summed E-state index contributed by atoms with van der Waals surface area (Å²) in [5, 5.41) is 12.4. The van der Waals surface area contributed by atoms with Crippen LogP contribution in [0.2, 0.25) is 0 Å². The van der Waals surface area contributed by atoms with Gasteiger partial charge in [0.2, 0.25) is 5.91 Å². The maximum atomic E-state index is 13.3. The summed E-state index contributed by atoms with van der Waals surface area (Å²) in [6, 6.07) is 15.6. The average Bonchev–Trinajstić information content (AvgIpc) is 3.15. The molecule has 2 aromatic rings. The van der Waals surface area contributed by atoms with E-state index in [1.165, 1.54) is 16.0 Å². The number of hydrogen-bond acceptors (Lipinski definition) is 4. The van der Waals surface area contributed by atoms with E-state index in [2.05, 4.69) is 29.6 Å². The molecule has 1 saturated carbocycles. The predicted octanol–water partition coefficient (Wildman–Crippen LogP) is 4.16. The highest BCUT2D eigenvalue weighted by molar-refractivity contribution is 5.89. The molecule has 0 spiro atoms. The van der Waals surface area contributed by atoms with Crippen LogP contribution in [0.3, 0.4) is 0 Å². The third kappa shape index (κ3) is 3.93. The van der Waals surface area contributed by atoms with Crippen LogP contribution in [-0.2, 0) is 14.3 Å². The molecule has 2 aliphatic carbocycles. The molecule has 7 heteroatoms. The van der Waals surface area contributed by atoms with E-state index in [9.17, 15) is 19.5 Å². The highest BCUT2D eigenvalue weighted by Gasteiger charge is 2.49. The number of rotatable bonds is 6. The van der Waals surface area contributed by atoms with Crippen molar-refractivity contribution >= 4 is 18.0 Å². The van der Waals surface area contributed by atoms with Crippen molar-refractivity contribution in [3.8, 4) is 11.1 Å². The van der Waals surface area contributed by atoms with Crippen molar-refractivity contribution in [2.75, 3.05) is 19.7 Å². The molecule has 0 unspecified atom stereocenters. The fourth-order valence-electron chi connectivity index (χ4n) is 5.70. The summed E-state index contributed by atoms with van der Waals surface area (Å²) < 4.78 is 5.62. The molecule has 2 amide bonds. The van der Waals surface area contributed by atoms with Crippen LogP contribution in [0.15, 0.2) is 48.5 Å². The molecule has 0 aromatic heterocycles. The number of piperidine rings is 1. The quantitative estimate of drug-likeness (QED) is 0.672. The van der Waals surface area contributed by atoms with Gasteiger partial charge in [0.1, 0.15) is 12.6 Å². The number of alkyl carbamates (subject to hydrolysis) is 1. The van der Waals surface area contributed by atoms with Gasteiger partial charge < -0.3 is 20.1 Å². The van der Waals surface area contributed by atoms with Gasteiger partial charge in [0.15, 0.2) is 0 Å². The van der Waals surface area contributed by atoms with Crippen LogP contribution in [0.1, 0.15) is 55.6 Å². The molecule has 1 saturated heterocycles. The summed E-state index contributed by atoms with van der Waals surface area (Å²) in [7, 11) is 0. The van der Waals surface area contributed by atoms with Gasteiger partial charge in [-0.1, -0.05) is 55.0 Å². The molecule has 2 fully saturated rings.